The van der Waals surface area contributed by atoms with Gasteiger partial charge in [-0.05, 0) is 45.3 Å². The fraction of sp³-hybridized carbons (Fsp3) is 0.857. The lowest BCUT2D eigenvalue weighted by molar-refractivity contribution is -0.152. The number of carboxylic acids is 1. The molecule has 0 saturated carbocycles. The van der Waals surface area contributed by atoms with Gasteiger partial charge in [0.1, 0.15) is 6.04 Å². The van der Waals surface area contributed by atoms with E-state index in [1.807, 2.05) is 20.9 Å². The van der Waals surface area contributed by atoms with Gasteiger partial charge in [-0.3, -0.25) is 4.79 Å². The SMILES string of the molecule is CC(C)CC(C(=O)O)N(C)C(=O)C1CCN(C)CC1. The number of likely N-dealkylation sites (N-methyl/N-ethyl adjacent to an activating group) is 1. The number of carbonyl (C=O) groups excluding carboxylic acids is 1. The molecule has 1 aliphatic rings. The molecule has 1 rings (SSSR count). The maximum atomic E-state index is 12.4. The van der Waals surface area contributed by atoms with Crippen LogP contribution in [0.2, 0.25) is 0 Å². The lowest BCUT2D eigenvalue weighted by atomic mass is 9.94. The van der Waals surface area contributed by atoms with Crippen molar-refractivity contribution >= 4 is 11.9 Å². The van der Waals surface area contributed by atoms with Gasteiger partial charge in [-0.1, -0.05) is 13.8 Å². The Kier molecular flexibility index (Phi) is 5.79. The predicted molar refractivity (Wildman–Crippen MR) is 73.9 cm³/mol. The number of rotatable bonds is 5. The maximum absolute atomic E-state index is 12.4. The van der Waals surface area contributed by atoms with E-state index in [1.165, 1.54) is 4.90 Å². The summed E-state index contributed by atoms with van der Waals surface area (Å²) >= 11 is 0. The van der Waals surface area contributed by atoms with E-state index in [2.05, 4.69) is 4.90 Å². The van der Waals surface area contributed by atoms with Gasteiger partial charge in [0, 0.05) is 13.0 Å². The Morgan fingerprint density at radius 2 is 1.84 bits per heavy atom. The van der Waals surface area contributed by atoms with Gasteiger partial charge in [-0.2, -0.15) is 0 Å². The van der Waals surface area contributed by atoms with Crippen molar-refractivity contribution < 1.29 is 14.7 Å². The minimum atomic E-state index is -0.905. The van der Waals surface area contributed by atoms with E-state index in [0.29, 0.717) is 6.42 Å². The topological polar surface area (TPSA) is 60.9 Å². The molecule has 1 fully saturated rings. The molecule has 110 valence electrons. The Bertz CT molecular complexity index is 323. The van der Waals surface area contributed by atoms with E-state index in [9.17, 15) is 14.7 Å². The highest BCUT2D eigenvalue weighted by Crippen LogP contribution is 2.21. The molecule has 1 N–H and O–H groups in total. The van der Waals surface area contributed by atoms with Crippen LogP contribution >= 0.6 is 0 Å². The van der Waals surface area contributed by atoms with Gasteiger partial charge in [-0.15, -0.1) is 0 Å². The van der Waals surface area contributed by atoms with Crippen molar-refractivity contribution in [2.45, 2.75) is 39.2 Å². The van der Waals surface area contributed by atoms with Crippen molar-refractivity contribution in [3.05, 3.63) is 0 Å². The van der Waals surface area contributed by atoms with Crippen LogP contribution in [0.1, 0.15) is 33.1 Å². The normalized spacial score (nSPS) is 19.4. The molecule has 1 atom stereocenters. The Morgan fingerprint density at radius 3 is 2.26 bits per heavy atom. The minimum Gasteiger partial charge on any atom is -0.480 e. The number of likely N-dealkylation sites (tertiary alicyclic amines) is 1. The number of nitrogens with zero attached hydrogens (tertiary/aromatic N) is 2. The van der Waals surface area contributed by atoms with Crippen LogP contribution < -0.4 is 0 Å². The molecule has 1 amide bonds. The highest BCUT2D eigenvalue weighted by Gasteiger charge is 2.32. The summed E-state index contributed by atoms with van der Waals surface area (Å²) in [7, 11) is 3.67. The summed E-state index contributed by atoms with van der Waals surface area (Å²) in [6, 6.07) is -0.702. The van der Waals surface area contributed by atoms with Crippen LogP contribution in [0.4, 0.5) is 0 Å². The molecule has 1 saturated heterocycles. The number of aliphatic carboxylic acids is 1. The molecule has 1 heterocycles. The number of hydrogen-bond donors (Lipinski definition) is 1. The monoisotopic (exact) mass is 270 g/mol. The lowest BCUT2D eigenvalue weighted by Crippen LogP contribution is -2.47. The average Bonchev–Trinajstić information content (AvgIpc) is 2.34. The van der Waals surface area contributed by atoms with Gasteiger partial charge in [-0.25, -0.2) is 4.79 Å². The van der Waals surface area contributed by atoms with E-state index in [4.69, 9.17) is 0 Å². The Hall–Kier alpha value is -1.10. The van der Waals surface area contributed by atoms with E-state index in [0.717, 1.165) is 25.9 Å². The molecule has 0 aromatic rings. The van der Waals surface area contributed by atoms with Crippen molar-refractivity contribution in [1.82, 2.24) is 9.80 Å². The summed E-state index contributed by atoms with van der Waals surface area (Å²) in [6.45, 7) is 5.77. The highest BCUT2D eigenvalue weighted by atomic mass is 16.4. The van der Waals surface area contributed by atoms with E-state index >= 15 is 0 Å². The van der Waals surface area contributed by atoms with Crippen LogP contribution in [0.15, 0.2) is 0 Å². The van der Waals surface area contributed by atoms with Gasteiger partial charge >= 0.3 is 5.97 Å². The zero-order valence-corrected chi connectivity index (χ0v) is 12.4. The van der Waals surface area contributed by atoms with E-state index < -0.39 is 12.0 Å². The van der Waals surface area contributed by atoms with Crippen LogP contribution in [-0.2, 0) is 9.59 Å². The molecule has 0 aliphatic carbocycles. The molecular formula is C14H26N2O3. The summed E-state index contributed by atoms with van der Waals surface area (Å²) in [4.78, 5) is 27.3. The van der Waals surface area contributed by atoms with Gasteiger partial charge < -0.3 is 14.9 Å². The van der Waals surface area contributed by atoms with Gasteiger partial charge in [0.25, 0.3) is 0 Å². The summed E-state index contributed by atoms with van der Waals surface area (Å²) < 4.78 is 0. The molecule has 0 spiro atoms. The third kappa shape index (κ3) is 4.49. The number of amides is 1. The number of carbonyl (C=O) groups is 2. The van der Waals surface area contributed by atoms with Gasteiger partial charge in [0.2, 0.25) is 5.91 Å². The lowest BCUT2D eigenvalue weighted by Gasteiger charge is -2.33. The summed E-state index contributed by atoms with van der Waals surface area (Å²) in [6.07, 6.45) is 2.16. The molecular weight excluding hydrogens is 244 g/mol. The summed E-state index contributed by atoms with van der Waals surface area (Å²) in [5.41, 5.74) is 0. The first-order valence-corrected chi connectivity index (χ1v) is 7.01. The molecule has 0 aromatic carbocycles. The molecule has 0 aromatic heterocycles. The second-order valence-corrected chi connectivity index (χ2v) is 6.01. The number of piperidine rings is 1. The van der Waals surface area contributed by atoms with Crippen molar-refractivity contribution in [3.8, 4) is 0 Å². The number of hydrogen-bond acceptors (Lipinski definition) is 3. The van der Waals surface area contributed by atoms with Crippen molar-refractivity contribution in [1.29, 1.82) is 0 Å². The number of carboxylic acid groups (broad SMARTS) is 1. The first-order valence-electron chi connectivity index (χ1n) is 7.01. The third-order valence-electron chi connectivity index (χ3n) is 3.86. The van der Waals surface area contributed by atoms with Gasteiger partial charge in [0.05, 0.1) is 0 Å². The highest BCUT2D eigenvalue weighted by molar-refractivity contribution is 5.85. The fourth-order valence-electron chi connectivity index (χ4n) is 2.57. The first kappa shape index (κ1) is 16.0. The zero-order chi connectivity index (χ0) is 14.6. The summed E-state index contributed by atoms with van der Waals surface area (Å²) in [5.74, 6) is -0.678. The molecule has 1 aliphatic heterocycles. The fourth-order valence-corrected chi connectivity index (χ4v) is 2.57. The smallest absolute Gasteiger partial charge is 0.326 e. The average molecular weight is 270 g/mol. The molecule has 5 heteroatoms. The molecule has 0 radical (unpaired) electrons. The van der Waals surface area contributed by atoms with E-state index in [1.54, 1.807) is 7.05 Å². The largest absolute Gasteiger partial charge is 0.480 e. The molecule has 1 unspecified atom stereocenters. The second kappa shape index (κ2) is 6.89. The first-order chi connectivity index (χ1) is 8.82. The van der Waals surface area contributed by atoms with Gasteiger partial charge in [0.15, 0.2) is 0 Å². The standard InChI is InChI=1S/C14H26N2O3/c1-10(2)9-12(14(18)19)16(4)13(17)11-5-7-15(3)8-6-11/h10-12H,5-9H2,1-4H3,(H,18,19). The second-order valence-electron chi connectivity index (χ2n) is 6.01. The van der Waals surface area contributed by atoms with Crippen LogP contribution in [0.5, 0.6) is 0 Å². The van der Waals surface area contributed by atoms with Crippen LogP contribution in [-0.4, -0.2) is 60.0 Å². The van der Waals surface area contributed by atoms with Crippen molar-refractivity contribution in [2.24, 2.45) is 11.8 Å². The van der Waals surface area contributed by atoms with Crippen LogP contribution in [0.3, 0.4) is 0 Å². The van der Waals surface area contributed by atoms with Crippen LogP contribution in [0.25, 0.3) is 0 Å². The quantitative estimate of drug-likeness (QED) is 0.817. The van der Waals surface area contributed by atoms with Crippen molar-refractivity contribution in [3.63, 3.8) is 0 Å². The summed E-state index contributed by atoms with van der Waals surface area (Å²) in [5, 5.41) is 9.28. The zero-order valence-electron chi connectivity index (χ0n) is 12.4. The molecule has 0 bridgehead atoms. The van der Waals surface area contributed by atoms with E-state index in [-0.39, 0.29) is 17.7 Å². The van der Waals surface area contributed by atoms with Crippen molar-refractivity contribution in [2.75, 3.05) is 27.2 Å². The Balaban J connectivity index is 2.65. The Morgan fingerprint density at radius 1 is 1.32 bits per heavy atom. The third-order valence-corrected chi connectivity index (χ3v) is 3.86. The molecule has 19 heavy (non-hydrogen) atoms. The molecule has 5 nitrogen and oxygen atoms in total. The minimum absolute atomic E-state index is 0.0128. The maximum Gasteiger partial charge on any atom is 0.326 e. The van der Waals surface area contributed by atoms with Crippen LogP contribution in [0, 0.1) is 11.8 Å². The predicted octanol–water partition coefficient (Wildman–Crippen LogP) is 1.29. The Labute approximate surface area is 115 Å².